The smallest absolute Gasteiger partial charge is 0.405 e. The van der Waals surface area contributed by atoms with E-state index in [0.29, 0.717) is 4.47 Å². The Morgan fingerprint density at radius 1 is 1.36 bits per heavy atom. The van der Waals surface area contributed by atoms with Crippen molar-refractivity contribution >= 4 is 50.1 Å². The average molecular weight is 401 g/mol. The first kappa shape index (κ1) is 12.4. The van der Waals surface area contributed by atoms with E-state index >= 15 is 0 Å². The van der Waals surface area contributed by atoms with Gasteiger partial charge in [0.25, 0.3) is 0 Å². The van der Waals surface area contributed by atoms with E-state index in [1.807, 2.05) is 0 Å². The van der Waals surface area contributed by atoms with Crippen LogP contribution in [-0.4, -0.2) is 6.36 Å². The zero-order valence-electron chi connectivity index (χ0n) is 6.33. The van der Waals surface area contributed by atoms with E-state index in [2.05, 4.69) is 20.7 Å². The third-order valence-corrected chi connectivity index (χ3v) is 3.90. The van der Waals surface area contributed by atoms with Crippen LogP contribution in [0.1, 0.15) is 0 Å². The number of hydrogen-bond donors (Lipinski definition) is 0. The summed E-state index contributed by atoms with van der Waals surface area (Å²) < 4.78 is 40.1. The van der Waals surface area contributed by atoms with Gasteiger partial charge in [-0.3, -0.25) is 0 Å². The monoisotopic (exact) mass is 400 g/mol. The quantitative estimate of drug-likeness (QED) is 0.494. The lowest BCUT2D eigenvalue weighted by molar-refractivity contribution is -0.274. The van der Waals surface area contributed by atoms with Crippen LogP contribution in [0, 0.1) is 3.57 Å². The molecule has 14 heavy (non-hydrogen) atoms. The van der Waals surface area contributed by atoms with Crippen molar-refractivity contribution in [3.63, 3.8) is 0 Å². The van der Waals surface area contributed by atoms with Crippen molar-refractivity contribution in [3.8, 4) is 5.75 Å². The Hall–Kier alpha value is 0.310. The summed E-state index contributed by atoms with van der Waals surface area (Å²) in [5, 5.41) is 0.201. The van der Waals surface area contributed by atoms with Gasteiger partial charge in [-0.05, 0) is 50.7 Å². The minimum absolute atomic E-state index is 0.201. The Morgan fingerprint density at radius 2 is 1.93 bits per heavy atom. The van der Waals surface area contributed by atoms with Crippen LogP contribution in [0.25, 0.3) is 0 Å². The molecule has 0 saturated heterocycles. The van der Waals surface area contributed by atoms with Gasteiger partial charge in [-0.2, -0.15) is 0 Å². The fourth-order valence-corrected chi connectivity index (χ4v) is 2.15. The number of halogens is 6. The highest BCUT2D eigenvalue weighted by Gasteiger charge is 2.32. The number of ether oxygens (including phenoxy) is 1. The lowest BCUT2D eigenvalue weighted by atomic mass is 10.3. The Balaban J connectivity index is 3.06. The second-order valence-corrected chi connectivity index (χ2v) is 4.53. The molecule has 0 amide bonds. The molecule has 0 bridgehead atoms. The lowest BCUT2D eigenvalue weighted by Crippen LogP contribution is -2.17. The summed E-state index contributed by atoms with van der Waals surface area (Å²) in [5.74, 6) is -0.300. The van der Waals surface area contributed by atoms with Gasteiger partial charge in [0.15, 0.2) is 0 Å². The van der Waals surface area contributed by atoms with Crippen molar-refractivity contribution in [2.24, 2.45) is 0 Å². The van der Waals surface area contributed by atoms with E-state index in [-0.39, 0.29) is 14.3 Å². The highest BCUT2D eigenvalue weighted by molar-refractivity contribution is 14.1. The fourth-order valence-electron chi connectivity index (χ4n) is 0.712. The van der Waals surface area contributed by atoms with Crippen LogP contribution in [0.5, 0.6) is 5.75 Å². The molecule has 1 nitrogen and oxygen atoms in total. The number of hydrogen-bond acceptors (Lipinski definition) is 1. The highest BCUT2D eigenvalue weighted by Crippen LogP contribution is 2.36. The van der Waals surface area contributed by atoms with Gasteiger partial charge in [-0.15, -0.1) is 13.2 Å². The molecule has 78 valence electrons. The maximum atomic E-state index is 11.9. The fraction of sp³-hybridized carbons (Fsp3) is 0.143. The van der Waals surface area contributed by atoms with Crippen LogP contribution >= 0.6 is 50.1 Å². The van der Waals surface area contributed by atoms with Crippen LogP contribution in [-0.2, 0) is 0 Å². The second-order valence-electron chi connectivity index (χ2n) is 2.22. The first-order valence-corrected chi connectivity index (χ1v) is 5.45. The van der Waals surface area contributed by atoms with Gasteiger partial charge in [0.1, 0.15) is 5.75 Å². The summed E-state index contributed by atoms with van der Waals surface area (Å²) in [6.45, 7) is 0. The summed E-state index contributed by atoms with van der Waals surface area (Å²) >= 11 is 10.5. The average Bonchev–Trinajstić information content (AvgIpc) is 2.04. The third kappa shape index (κ3) is 3.16. The van der Waals surface area contributed by atoms with Crippen LogP contribution < -0.4 is 4.74 Å². The standard InChI is InChI=1S/C7H2BrClF3IO/c8-3-1-2-4(6(13)5(3)9)14-7(10,11)12/h1-2H. The number of alkyl halides is 3. The Kier molecular flexibility index (Phi) is 3.93. The van der Waals surface area contributed by atoms with Crippen LogP contribution in [0.3, 0.4) is 0 Å². The van der Waals surface area contributed by atoms with Crippen molar-refractivity contribution in [3.05, 3.63) is 25.2 Å². The molecular formula is C7H2BrClF3IO. The minimum atomic E-state index is -4.70. The van der Waals surface area contributed by atoms with Crippen molar-refractivity contribution in [2.75, 3.05) is 0 Å². The van der Waals surface area contributed by atoms with Crippen molar-refractivity contribution in [1.29, 1.82) is 0 Å². The molecule has 0 fully saturated rings. The third-order valence-electron chi connectivity index (χ3n) is 1.23. The zero-order valence-corrected chi connectivity index (χ0v) is 10.8. The van der Waals surface area contributed by atoms with Crippen LogP contribution in [0.4, 0.5) is 13.2 Å². The molecule has 0 spiro atoms. The summed E-state index contributed by atoms with van der Waals surface area (Å²) in [4.78, 5) is 0. The number of benzene rings is 1. The maximum absolute atomic E-state index is 11.9. The molecule has 7 heteroatoms. The zero-order chi connectivity index (χ0) is 10.9. The topological polar surface area (TPSA) is 9.23 Å². The molecular weight excluding hydrogens is 399 g/mol. The molecule has 0 aliphatic carbocycles. The number of rotatable bonds is 1. The maximum Gasteiger partial charge on any atom is 0.573 e. The Bertz CT molecular complexity index is 356. The largest absolute Gasteiger partial charge is 0.573 e. The van der Waals surface area contributed by atoms with Gasteiger partial charge in [-0.25, -0.2) is 0 Å². The second kappa shape index (κ2) is 4.44. The predicted molar refractivity (Wildman–Crippen MR) is 58.6 cm³/mol. The Morgan fingerprint density at radius 3 is 2.43 bits per heavy atom. The van der Waals surface area contributed by atoms with Gasteiger partial charge >= 0.3 is 6.36 Å². The first-order chi connectivity index (χ1) is 6.31. The van der Waals surface area contributed by atoms with Crippen LogP contribution in [0.2, 0.25) is 5.02 Å². The lowest BCUT2D eigenvalue weighted by Gasteiger charge is -2.11. The van der Waals surface area contributed by atoms with E-state index in [1.54, 1.807) is 22.6 Å². The molecule has 0 aliphatic heterocycles. The molecule has 0 N–H and O–H groups in total. The normalized spacial score (nSPS) is 11.6. The van der Waals surface area contributed by atoms with Gasteiger partial charge in [0.05, 0.1) is 8.59 Å². The molecule has 0 atom stereocenters. The van der Waals surface area contributed by atoms with Gasteiger partial charge in [-0.1, -0.05) is 11.6 Å². The van der Waals surface area contributed by atoms with Crippen molar-refractivity contribution < 1.29 is 17.9 Å². The van der Waals surface area contributed by atoms with Gasteiger partial charge < -0.3 is 4.74 Å². The van der Waals surface area contributed by atoms with E-state index in [0.717, 1.165) is 0 Å². The molecule has 1 rings (SSSR count). The van der Waals surface area contributed by atoms with Gasteiger partial charge in [0, 0.05) is 4.47 Å². The molecule has 0 radical (unpaired) electrons. The van der Waals surface area contributed by atoms with E-state index < -0.39 is 6.36 Å². The summed E-state index contributed by atoms with van der Waals surface area (Å²) in [6.07, 6.45) is -4.70. The Labute approximate surface area is 105 Å². The van der Waals surface area contributed by atoms with E-state index in [1.165, 1.54) is 12.1 Å². The minimum Gasteiger partial charge on any atom is -0.405 e. The van der Waals surface area contributed by atoms with Crippen molar-refractivity contribution in [2.45, 2.75) is 6.36 Å². The summed E-state index contributed by atoms with van der Waals surface area (Å²) in [5.41, 5.74) is 0. The molecule has 0 aromatic heterocycles. The van der Waals surface area contributed by atoms with Crippen molar-refractivity contribution in [1.82, 2.24) is 0 Å². The highest BCUT2D eigenvalue weighted by atomic mass is 127. The molecule has 0 unspecified atom stereocenters. The predicted octanol–water partition coefficient (Wildman–Crippen LogP) is 4.61. The summed E-state index contributed by atoms with van der Waals surface area (Å²) in [6, 6.07) is 2.59. The van der Waals surface area contributed by atoms with E-state index in [4.69, 9.17) is 11.6 Å². The van der Waals surface area contributed by atoms with E-state index in [9.17, 15) is 13.2 Å². The molecule has 0 aliphatic rings. The van der Waals surface area contributed by atoms with Gasteiger partial charge in [0.2, 0.25) is 0 Å². The SMILES string of the molecule is FC(F)(F)Oc1ccc(Br)c(Cl)c1I. The first-order valence-electron chi connectivity index (χ1n) is 3.20. The molecule has 0 saturated carbocycles. The molecule has 0 heterocycles. The molecule has 1 aromatic rings. The van der Waals surface area contributed by atoms with Crippen LogP contribution in [0.15, 0.2) is 16.6 Å². The molecule has 1 aromatic carbocycles. The summed E-state index contributed by atoms with van der Waals surface area (Å²) in [7, 11) is 0.